The van der Waals surface area contributed by atoms with E-state index in [0.717, 1.165) is 14.3 Å². The van der Waals surface area contributed by atoms with E-state index in [1.807, 2.05) is 13.8 Å². The Morgan fingerprint density at radius 1 is 1.19 bits per heavy atom. The van der Waals surface area contributed by atoms with Crippen LogP contribution in [0, 0.1) is 9.64 Å². The van der Waals surface area contributed by atoms with Crippen molar-refractivity contribution in [3.8, 4) is 16.9 Å². The predicted molar refractivity (Wildman–Crippen MR) is 111 cm³/mol. The van der Waals surface area contributed by atoms with Crippen LogP contribution in [0.2, 0.25) is 0 Å². The van der Waals surface area contributed by atoms with Crippen LogP contribution in [0.3, 0.4) is 0 Å². The van der Waals surface area contributed by atoms with Gasteiger partial charge >= 0.3 is 0 Å². The average molecular weight is 418 g/mol. The number of carbonyl (C=O) groups is 1. The van der Waals surface area contributed by atoms with E-state index in [9.17, 15) is 9.18 Å². The Morgan fingerprint density at radius 3 is 2.70 bits per heavy atom. The van der Waals surface area contributed by atoms with Gasteiger partial charge in [0.1, 0.15) is 15.4 Å². The molecule has 0 atom stereocenters. The summed E-state index contributed by atoms with van der Waals surface area (Å²) in [5.74, 6) is 0.0994. The van der Waals surface area contributed by atoms with Crippen LogP contribution in [0.25, 0.3) is 11.1 Å². The Bertz CT molecular complexity index is 1120. The molecule has 0 radical (unpaired) electrons. The summed E-state index contributed by atoms with van der Waals surface area (Å²) >= 11 is 5.51. The van der Waals surface area contributed by atoms with Crippen LogP contribution in [0.5, 0.6) is 5.75 Å². The van der Waals surface area contributed by atoms with E-state index >= 15 is 0 Å². The van der Waals surface area contributed by atoms with Gasteiger partial charge in [-0.25, -0.2) is 4.39 Å². The van der Waals surface area contributed by atoms with Crippen LogP contribution in [0.1, 0.15) is 29.1 Å². The highest BCUT2D eigenvalue weighted by molar-refractivity contribution is 7.80. The monoisotopic (exact) mass is 417 g/mol. The van der Waals surface area contributed by atoms with Crippen molar-refractivity contribution in [2.75, 3.05) is 12.0 Å². The van der Waals surface area contributed by atoms with E-state index in [-0.39, 0.29) is 11.7 Å². The Balaban J connectivity index is 1.95. The number of ether oxygens (including phenoxy) is 1. The van der Waals surface area contributed by atoms with Gasteiger partial charge in [-0.05, 0) is 50.2 Å². The molecule has 0 N–H and O–H groups in total. The lowest BCUT2D eigenvalue weighted by atomic mass is 9.87. The first-order valence-corrected chi connectivity index (χ1v) is 10.8. The molecule has 1 amide bonds. The van der Waals surface area contributed by atoms with Crippen molar-refractivity contribution < 1.29 is 13.9 Å². The second-order valence-corrected chi connectivity index (χ2v) is 9.57. The molecule has 2 heterocycles. The van der Waals surface area contributed by atoms with Gasteiger partial charge in [-0.2, -0.15) is 0 Å². The van der Waals surface area contributed by atoms with Gasteiger partial charge in [0.25, 0.3) is 5.91 Å². The standard InChI is InChI=1S/C20H16FNO2S3/c1-20(2)17-16(19(25)27-26-17)14-10-12(21)7-8-15(14)22(20)18(23)11-5-4-6-13(9-11)24-3/h4-10H,1-3H3. The Hall–Kier alpha value is -2.09. The molecular formula is C20H16FNO2S3. The summed E-state index contributed by atoms with van der Waals surface area (Å²) in [6, 6.07) is 11.6. The number of hydrogen-bond donors (Lipinski definition) is 0. The molecule has 0 saturated carbocycles. The van der Waals surface area contributed by atoms with Crippen molar-refractivity contribution in [2.45, 2.75) is 19.4 Å². The summed E-state index contributed by atoms with van der Waals surface area (Å²) in [6.07, 6.45) is 0. The fourth-order valence-electron chi connectivity index (χ4n) is 3.45. The zero-order chi connectivity index (χ0) is 19.3. The normalized spacial score (nSPS) is 14.4. The lowest BCUT2D eigenvalue weighted by molar-refractivity contribution is 0.0961. The number of fused-ring (bicyclic) bond motifs is 3. The number of amides is 1. The summed E-state index contributed by atoms with van der Waals surface area (Å²) in [5, 5.41) is 0. The SMILES string of the molecule is COc1cccc(C(=O)N2c3ccc(F)cc3-c3c(ssc3=S)C2(C)C)c1. The van der Waals surface area contributed by atoms with E-state index < -0.39 is 5.54 Å². The quantitative estimate of drug-likeness (QED) is 0.365. The molecule has 1 aromatic heterocycles. The van der Waals surface area contributed by atoms with Crippen LogP contribution < -0.4 is 9.64 Å². The maximum Gasteiger partial charge on any atom is 0.259 e. The third-order valence-corrected chi connectivity index (χ3v) is 8.06. The lowest BCUT2D eigenvalue weighted by Crippen LogP contribution is -2.47. The number of methoxy groups -OCH3 is 1. The topological polar surface area (TPSA) is 29.5 Å². The number of halogens is 1. The summed E-state index contributed by atoms with van der Waals surface area (Å²) in [7, 11) is 4.60. The molecule has 1 aliphatic heterocycles. The summed E-state index contributed by atoms with van der Waals surface area (Å²) in [4.78, 5) is 16.2. The van der Waals surface area contributed by atoms with Gasteiger partial charge in [-0.1, -0.05) is 39.0 Å². The van der Waals surface area contributed by atoms with Crippen LogP contribution in [0.15, 0.2) is 42.5 Å². The van der Waals surface area contributed by atoms with Gasteiger partial charge < -0.3 is 4.74 Å². The summed E-state index contributed by atoms with van der Waals surface area (Å²) in [5.41, 5.74) is 2.11. The van der Waals surface area contributed by atoms with Gasteiger partial charge in [0.05, 0.1) is 23.2 Å². The van der Waals surface area contributed by atoms with Gasteiger partial charge in [-0.15, -0.1) is 0 Å². The number of nitrogens with zero attached hydrogens (tertiary/aromatic N) is 1. The zero-order valence-corrected chi connectivity index (χ0v) is 17.4. The molecular weight excluding hydrogens is 401 g/mol. The van der Waals surface area contributed by atoms with E-state index in [1.165, 1.54) is 22.5 Å². The molecule has 0 saturated heterocycles. The van der Waals surface area contributed by atoms with Crippen LogP contribution in [-0.4, -0.2) is 13.0 Å². The predicted octanol–water partition coefficient (Wildman–Crippen LogP) is 6.25. The largest absolute Gasteiger partial charge is 0.497 e. The fraction of sp³-hybridized carbons (Fsp3) is 0.200. The Morgan fingerprint density at radius 2 is 1.96 bits per heavy atom. The van der Waals surface area contributed by atoms with E-state index in [4.69, 9.17) is 17.0 Å². The maximum atomic E-state index is 14.0. The molecule has 0 bridgehead atoms. The van der Waals surface area contributed by atoms with Crippen molar-refractivity contribution >= 4 is 44.5 Å². The highest BCUT2D eigenvalue weighted by Gasteiger charge is 2.43. The van der Waals surface area contributed by atoms with Crippen molar-refractivity contribution in [2.24, 2.45) is 0 Å². The number of anilines is 1. The minimum absolute atomic E-state index is 0.165. The van der Waals surface area contributed by atoms with E-state index in [2.05, 4.69) is 0 Å². The van der Waals surface area contributed by atoms with Crippen LogP contribution in [-0.2, 0) is 5.54 Å². The third kappa shape index (κ3) is 2.81. The zero-order valence-electron chi connectivity index (χ0n) is 14.9. The first-order valence-electron chi connectivity index (χ1n) is 8.26. The fourth-order valence-corrected chi connectivity index (χ4v) is 6.73. The van der Waals surface area contributed by atoms with E-state index in [0.29, 0.717) is 22.6 Å². The van der Waals surface area contributed by atoms with Crippen molar-refractivity contribution in [1.82, 2.24) is 0 Å². The molecule has 138 valence electrons. The number of carbonyl (C=O) groups excluding carboxylic acids is 1. The molecule has 0 fully saturated rings. The number of hydrogen-bond acceptors (Lipinski definition) is 5. The van der Waals surface area contributed by atoms with Crippen LogP contribution in [0.4, 0.5) is 10.1 Å². The molecule has 4 rings (SSSR count). The smallest absolute Gasteiger partial charge is 0.259 e. The van der Waals surface area contributed by atoms with Gasteiger partial charge in [0, 0.05) is 16.7 Å². The van der Waals surface area contributed by atoms with Gasteiger partial charge in [-0.3, -0.25) is 9.69 Å². The first-order chi connectivity index (χ1) is 12.8. The van der Waals surface area contributed by atoms with E-state index in [1.54, 1.807) is 52.7 Å². The molecule has 3 aromatic rings. The first kappa shape index (κ1) is 18.3. The second-order valence-electron chi connectivity index (χ2n) is 6.75. The summed E-state index contributed by atoms with van der Waals surface area (Å²) < 4.78 is 20.0. The highest BCUT2D eigenvalue weighted by Crippen LogP contribution is 2.52. The number of benzene rings is 2. The average Bonchev–Trinajstić information content (AvgIpc) is 3.05. The molecule has 1 aliphatic rings. The molecule has 7 heteroatoms. The molecule has 0 unspecified atom stereocenters. The molecule has 0 spiro atoms. The van der Waals surface area contributed by atoms with Crippen LogP contribution >= 0.6 is 32.9 Å². The lowest BCUT2D eigenvalue weighted by Gasteiger charge is -2.43. The van der Waals surface area contributed by atoms with Crippen molar-refractivity contribution in [3.05, 3.63) is 62.5 Å². The summed E-state index contributed by atoms with van der Waals surface area (Å²) in [6.45, 7) is 3.99. The minimum atomic E-state index is -0.613. The Kier molecular flexibility index (Phi) is 4.41. The molecule has 0 aliphatic carbocycles. The van der Waals surface area contributed by atoms with Gasteiger partial charge in [0.15, 0.2) is 0 Å². The minimum Gasteiger partial charge on any atom is -0.497 e. The second kappa shape index (κ2) is 6.51. The molecule has 2 aromatic carbocycles. The Labute approximate surface area is 169 Å². The van der Waals surface area contributed by atoms with Crippen molar-refractivity contribution in [1.29, 1.82) is 0 Å². The molecule has 27 heavy (non-hydrogen) atoms. The maximum absolute atomic E-state index is 14.0. The molecule has 3 nitrogen and oxygen atoms in total. The van der Waals surface area contributed by atoms with Crippen molar-refractivity contribution in [3.63, 3.8) is 0 Å². The number of rotatable bonds is 2. The third-order valence-electron chi connectivity index (χ3n) is 4.74. The highest BCUT2D eigenvalue weighted by atomic mass is 32.9. The van der Waals surface area contributed by atoms with Gasteiger partial charge in [0.2, 0.25) is 0 Å².